The molecule has 1 aromatic heterocycles. The summed E-state index contributed by atoms with van der Waals surface area (Å²) in [6.07, 6.45) is 7.41. The van der Waals surface area contributed by atoms with Crippen molar-refractivity contribution in [2.24, 2.45) is 5.41 Å². The van der Waals surface area contributed by atoms with Crippen LogP contribution < -0.4 is 5.32 Å². The molecule has 1 fully saturated rings. The van der Waals surface area contributed by atoms with Gasteiger partial charge in [0.15, 0.2) is 11.6 Å². The number of aliphatic hydroxyl groups excluding tert-OH is 1. The maximum absolute atomic E-state index is 14.0. The first-order chi connectivity index (χ1) is 9.21. The van der Waals surface area contributed by atoms with Crippen LogP contribution in [0.1, 0.15) is 44.7 Å². The summed E-state index contributed by atoms with van der Waals surface area (Å²) in [7, 11) is 0. The summed E-state index contributed by atoms with van der Waals surface area (Å²) in [6, 6.07) is 0. The molecule has 1 saturated carbocycles. The second kappa shape index (κ2) is 6.28. The van der Waals surface area contributed by atoms with Crippen molar-refractivity contribution in [3.05, 3.63) is 17.8 Å². The number of halogens is 1. The number of nitrogens with zero attached hydrogens (tertiary/aromatic N) is 2. The van der Waals surface area contributed by atoms with Gasteiger partial charge in [-0.25, -0.2) is 14.4 Å². The molecule has 0 amide bonds. The van der Waals surface area contributed by atoms with Gasteiger partial charge in [0.1, 0.15) is 6.33 Å². The minimum atomic E-state index is -0.367. The van der Waals surface area contributed by atoms with E-state index in [4.69, 9.17) is 0 Å². The molecule has 0 radical (unpaired) electrons. The van der Waals surface area contributed by atoms with Crippen LogP contribution in [0.4, 0.5) is 10.2 Å². The Bertz CT molecular complexity index is 419. The van der Waals surface area contributed by atoms with Crippen LogP contribution in [0.15, 0.2) is 6.33 Å². The lowest BCUT2D eigenvalue weighted by molar-refractivity contribution is 0.0942. The minimum Gasteiger partial charge on any atom is -0.396 e. The van der Waals surface area contributed by atoms with Crippen molar-refractivity contribution in [1.82, 2.24) is 9.97 Å². The quantitative estimate of drug-likeness (QED) is 0.860. The molecular formula is C14H22FN3O. The number of aliphatic hydroxyl groups is 1. The summed E-state index contributed by atoms with van der Waals surface area (Å²) in [5.41, 5.74) is 0.307. The minimum absolute atomic E-state index is 0.123. The van der Waals surface area contributed by atoms with E-state index in [-0.39, 0.29) is 23.7 Å². The van der Waals surface area contributed by atoms with Gasteiger partial charge in [0.25, 0.3) is 0 Å². The van der Waals surface area contributed by atoms with E-state index in [0.717, 1.165) is 25.7 Å². The Kier molecular flexibility index (Phi) is 4.69. The molecule has 4 nitrogen and oxygen atoms in total. The highest BCUT2D eigenvalue weighted by atomic mass is 19.1. The Balaban J connectivity index is 2.05. The second-order valence-corrected chi connectivity index (χ2v) is 5.41. The average Bonchev–Trinajstić information content (AvgIpc) is 2.47. The molecule has 19 heavy (non-hydrogen) atoms. The number of nitrogens with one attached hydrogen (secondary N) is 1. The number of aryl methyl sites for hydroxylation is 1. The number of hydrogen-bond donors (Lipinski definition) is 2. The van der Waals surface area contributed by atoms with E-state index in [0.29, 0.717) is 18.7 Å². The standard InChI is InChI=1S/C14H22FN3O/c1-2-11-12(15)13(18-10-17-11)16-8-14(9-19)6-4-3-5-7-14/h10,19H,2-9H2,1H3,(H,16,17,18). The van der Waals surface area contributed by atoms with Crippen LogP contribution in [0, 0.1) is 11.2 Å². The monoisotopic (exact) mass is 267 g/mol. The SMILES string of the molecule is CCc1ncnc(NCC2(CO)CCCCC2)c1F. The first kappa shape index (κ1) is 14.2. The molecule has 0 atom stereocenters. The molecule has 1 aromatic rings. The third-order valence-electron chi connectivity index (χ3n) is 4.08. The summed E-state index contributed by atoms with van der Waals surface area (Å²) in [6.45, 7) is 2.58. The van der Waals surface area contributed by atoms with Crippen molar-refractivity contribution in [2.75, 3.05) is 18.5 Å². The van der Waals surface area contributed by atoms with E-state index in [2.05, 4.69) is 15.3 Å². The van der Waals surface area contributed by atoms with Gasteiger partial charge < -0.3 is 10.4 Å². The van der Waals surface area contributed by atoms with Crippen molar-refractivity contribution in [3.8, 4) is 0 Å². The molecule has 5 heteroatoms. The van der Waals surface area contributed by atoms with E-state index in [9.17, 15) is 9.50 Å². The fraction of sp³-hybridized carbons (Fsp3) is 0.714. The molecule has 1 aliphatic rings. The molecule has 2 N–H and O–H groups in total. The lowest BCUT2D eigenvalue weighted by Crippen LogP contribution is -2.36. The maximum atomic E-state index is 14.0. The molecule has 106 valence electrons. The first-order valence-corrected chi connectivity index (χ1v) is 7.05. The topological polar surface area (TPSA) is 58.0 Å². The third-order valence-corrected chi connectivity index (χ3v) is 4.08. The fourth-order valence-electron chi connectivity index (χ4n) is 2.74. The molecule has 2 rings (SSSR count). The van der Waals surface area contributed by atoms with Crippen LogP contribution in [0.3, 0.4) is 0 Å². The Morgan fingerprint density at radius 3 is 2.68 bits per heavy atom. The molecule has 0 aliphatic heterocycles. The third kappa shape index (κ3) is 3.21. The summed E-state index contributed by atoms with van der Waals surface area (Å²) in [5.74, 6) is -0.112. The molecular weight excluding hydrogens is 245 g/mol. The Morgan fingerprint density at radius 1 is 1.32 bits per heavy atom. The van der Waals surface area contributed by atoms with Gasteiger partial charge in [-0.15, -0.1) is 0 Å². The van der Waals surface area contributed by atoms with E-state index < -0.39 is 0 Å². The van der Waals surface area contributed by atoms with E-state index in [1.54, 1.807) is 0 Å². The zero-order valence-electron chi connectivity index (χ0n) is 11.5. The maximum Gasteiger partial charge on any atom is 0.186 e. The molecule has 1 heterocycles. The normalized spacial score (nSPS) is 18.3. The number of anilines is 1. The molecule has 0 unspecified atom stereocenters. The van der Waals surface area contributed by atoms with Gasteiger partial charge >= 0.3 is 0 Å². The lowest BCUT2D eigenvalue weighted by atomic mass is 9.74. The largest absolute Gasteiger partial charge is 0.396 e. The summed E-state index contributed by atoms with van der Waals surface area (Å²) < 4.78 is 14.0. The highest BCUT2D eigenvalue weighted by Crippen LogP contribution is 2.36. The number of aromatic nitrogens is 2. The van der Waals surface area contributed by atoms with E-state index >= 15 is 0 Å². The Labute approximate surface area is 113 Å². The van der Waals surface area contributed by atoms with Crippen LogP contribution in [-0.2, 0) is 6.42 Å². The van der Waals surface area contributed by atoms with Gasteiger partial charge in [-0.1, -0.05) is 26.2 Å². The number of hydrogen-bond acceptors (Lipinski definition) is 4. The van der Waals surface area contributed by atoms with Crippen LogP contribution in [-0.4, -0.2) is 28.2 Å². The van der Waals surface area contributed by atoms with Crippen molar-refractivity contribution >= 4 is 5.82 Å². The van der Waals surface area contributed by atoms with Gasteiger partial charge in [0.05, 0.1) is 12.3 Å². The van der Waals surface area contributed by atoms with Crippen LogP contribution in [0.25, 0.3) is 0 Å². The smallest absolute Gasteiger partial charge is 0.186 e. The van der Waals surface area contributed by atoms with E-state index in [1.807, 2.05) is 6.92 Å². The number of rotatable bonds is 5. The highest BCUT2D eigenvalue weighted by molar-refractivity contribution is 5.37. The second-order valence-electron chi connectivity index (χ2n) is 5.41. The highest BCUT2D eigenvalue weighted by Gasteiger charge is 2.31. The van der Waals surface area contributed by atoms with Gasteiger partial charge in [0, 0.05) is 12.0 Å². The lowest BCUT2D eigenvalue weighted by Gasteiger charge is -2.35. The van der Waals surface area contributed by atoms with Crippen LogP contribution >= 0.6 is 0 Å². The van der Waals surface area contributed by atoms with Gasteiger partial charge in [-0.2, -0.15) is 0 Å². The molecule has 0 bridgehead atoms. The predicted molar refractivity (Wildman–Crippen MR) is 72.5 cm³/mol. The van der Waals surface area contributed by atoms with Crippen LogP contribution in [0.5, 0.6) is 0 Å². The Morgan fingerprint density at radius 2 is 2.05 bits per heavy atom. The molecule has 0 saturated heterocycles. The van der Waals surface area contributed by atoms with E-state index in [1.165, 1.54) is 12.7 Å². The van der Waals surface area contributed by atoms with Gasteiger partial charge in [-0.3, -0.25) is 0 Å². The zero-order valence-corrected chi connectivity index (χ0v) is 11.5. The molecule has 0 spiro atoms. The first-order valence-electron chi connectivity index (χ1n) is 7.05. The van der Waals surface area contributed by atoms with Gasteiger partial charge in [-0.05, 0) is 19.3 Å². The average molecular weight is 267 g/mol. The van der Waals surface area contributed by atoms with Crippen molar-refractivity contribution in [2.45, 2.75) is 45.4 Å². The molecule has 0 aromatic carbocycles. The summed E-state index contributed by atoms with van der Waals surface area (Å²) >= 11 is 0. The van der Waals surface area contributed by atoms with Crippen molar-refractivity contribution in [1.29, 1.82) is 0 Å². The van der Waals surface area contributed by atoms with Gasteiger partial charge in [0.2, 0.25) is 0 Å². The summed E-state index contributed by atoms with van der Waals surface area (Å²) in [4.78, 5) is 7.87. The van der Waals surface area contributed by atoms with Crippen molar-refractivity contribution < 1.29 is 9.50 Å². The molecule has 1 aliphatic carbocycles. The zero-order chi connectivity index (χ0) is 13.7. The predicted octanol–water partition coefficient (Wildman–Crippen LogP) is 2.53. The summed E-state index contributed by atoms with van der Waals surface area (Å²) in [5, 5.41) is 12.7. The van der Waals surface area contributed by atoms with Crippen LogP contribution in [0.2, 0.25) is 0 Å². The Hall–Kier alpha value is -1.23. The fourth-order valence-corrected chi connectivity index (χ4v) is 2.74. The van der Waals surface area contributed by atoms with Crippen molar-refractivity contribution in [3.63, 3.8) is 0 Å².